The standard InChI is InChI=1S/C14H22N4O/c1-18-8-7-11-12(9-18)16-17-13(11)15-14(19)10-5-3-2-4-6-10/h10H,2-9H2,1H3,(H2,15,16,17,19). The van der Waals surface area contributed by atoms with Crippen LogP contribution in [0.3, 0.4) is 0 Å². The van der Waals surface area contributed by atoms with E-state index in [9.17, 15) is 4.79 Å². The van der Waals surface area contributed by atoms with Crippen molar-refractivity contribution in [3.8, 4) is 0 Å². The Morgan fingerprint density at radius 1 is 1.37 bits per heavy atom. The Bertz CT molecular complexity index is 462. The molecule has 1 aliphatic heterocycles. The quantitative estimate of drug-likeness (QED) is 0.856. The Hall–Kier alpha value is -1.36. The molecule has 1 aliphatic carbocycles. The van der Waals surface area contributed by atoms with Crippen LogP contribution in [0, 0.1) is 5.92 Å². The van der Waals surface area contributed by atoms with E-state index in [1.54, 1.807) is 0 Å². The summed E-state index contributed by atoms with van der Waals surface area (Å²) in [6, 6.07) is 0. The fourth-order valence-electron chi connectivity index (χ4n) is 3.14. The summed E-state index contributed by atoms with van der Waals surface area (Å²) >= 11 is 0. The van der Waals surface area contributed by atoms with Gasteiger partial charge in [0.1, 0.15) is 0 Å². The van der Waals surface area contributed by atoms with Gasteiger partial charge in [0.05, 0.1) is 5.69 Å². The van der Waals surface area contributed by atoms with E-state index in [4.69, 9.17) is 0 Å². The monoisotopic (exact) mass is 262 g/mol. The lowest BCUT2D eigenvalue weighted by Crippen LogP contribution is -2.28. The molecule has 2 heterocycles. The van der Waals surface area contributed by atoms with Gasteiger partial charge in [0, 0.05) is 24.6 Å². The molecule has 5 heteroatoms. The maximum absolute atomic E-state index is 12.2. The summed E-state index contributed by atoms with van der Waals surface area (Å²) in [7, 11) is 2.10. The molecular weight excluding hydrogens is 240 g/mol. The number of rotatable bonds is 2. The van der Waals surface area contributed by atoms with Crippen molar-refractivity contribution in [1.82, 2.24) is 15.1 Å². The minimum Gasteiger partial charge on any atom is -0.309 e. The van der Waals surface area contributed by atoms with E-state index in [2.05, 4.69) is 27.5 Å². The lowest BCUT2D eigenvalue weighted by Gasteiger charge is -2.23. The molecule has 0 bridgehead atoms. The van der Waals surface area contributed by atoms with Crippen molar-refractivity contribution < 1.29 is 4.79 Å². The molecule has 2 aliphatic rings. The summed E-state index contributed by atoms with van der Waals surface area (Å²) in [6.07, 6.45) is 6.65. The van der Waals surface area contributed by atoms with Gasteiger partial charge < -0.3 is 10.2 Å². The van der Waals surface area contributed by atoms with Gasteiger partial charge in [-0.1, -0.05) is 19.3 Å². The zero-order chi connectivity index (χ0) is 13.2. The normalized spacial score (nSPS) is 21.1. The predicted molar refractivity (Wildman–Crippen MR) is 73.8 cm³/mol. The second kappa shape index (κ2) is 5.33. The average molecular weight is 262 g/mol. The molecule has 19 heavy (non-hydrogen) atoms. The smallest absolute Gasteiger partial charge is 0.228 e. The molecule has 5 nitrogen and oxygen atoms in total. The van der Waals surface area contributed by atoms with Gasteiger partial charge in [0.25, 0.3) is 0 Å². The molecule has 1 saturated carbocycles. The molecule has 2 N–H and O–H groups in total. The van der Waals surface area contributed by atoms with Crippen LogP contribution in [0.4, 0.5) is 5.82 Å². The second-order valence-electron chi connectivity index (χ2n) is 5.84. The largest absolute Gasteiger partial charge is 0.309 e. The van der Waals surface area contributed by atoms with Gasteiger partial charge in [-0.15, -0.1) is 0 Å². The number of carbonyl (C=O) groups excluding carboxylic acids is 1. The van der Waals surface area contributed by atoms with Crippen molar-refractivity contribution in [2.75, 3.05) is 18.9 Å². The predicted octanol–water partition coefficient (Wildman–Crippen LogP) is 1.92. The van der Waals surface area contributed by atoms with Crippen LogP contribution in [-0.4, -0.2) is 34.6 Å². The van der Waals surface area contributed by atoms with Crippen LogP contribution in [0.15, 0.2) is 0 Å². The molecule has 0 unspecified atom stereocenters. The second-order valence-corrected chi connectivity index (χ2v) is 5.84. The number of hydrogen-bond acceptors (Lipinski definition) is 3. The molecule has 1 aromatic heterocycles. The fourth-order valence-corrected chi connectivity index (χ4v) is 3.14. The molecule has 1 fully saturated rings. The molecule has 3 rings (SSSR count). The first-order valence-electron chi connectivity index (χ1n) is 7.29. The van der Waals surface area contributed by atoms with Gasteiger partial charge in [0.2, 0.25) is 5.91 Å². The Labute approximate surface area is 113 Å². The maximum Gasteiger partial charge on any atom is 0.228 e. The molecule has 0 atom stereocenters. The first-order chi connectivity index (χ1) is 9.24. The number of aromatic nitrogens is 2. The summed E-state index contributed by atoms with van der Waals surface area (Å²) in [6.45, 7) is 1.92. The maximum atomic E-state index is 12.2. The van der Waals surface area contributed by atoms with Gasteiger partial charge in [-0.05, 0) is 26.3 Å². The van der Waals surface area contributed by atoms with Crippen LogP contribution in [-0.2, 0) is 17.8 Å². The SMILES string of the molecule is CN1CCc2c(NC(=O)C3CCCCC3)n[nH]c2C1. The summed E-state index contributed by atoms with van der Waals surface area (Å²) in [5.41, 5.74) is 2.34. The highest BCUT2D eigenvalue weighted by Crippen LogP contribution is 2.27. The van der Waals surface area contributed by atoms with E-state index < -0.39 is 0 Å². The third-order valence-electron chi connectivity index (χ3n) is 4.34. The van der Waals surface area contributed by atoms with E-state index in [-0.39, 0.29) is 11.8 Å². The number of hydrogen-bond donors (Lipinski definition) is 2. The van der Waals surface area contributed by atoms with Crippen molar-refractivity contribution in [1.29, 1.82) is 0 Å². The molecule has 0 aromatic carbocycles. The number of nitrogens with zero attached hydrogens (tertiary/aromatic N) is 2. The molecule has 0 spiro atoms. The lowest BCUT2D eigenvalue weighted by molar-refractivity contribution is -0.120. The van der Waals surface area contributed by atoms with Crippen molar-refractivity contribution in [2.45, 2.75) is 45.1 Å². The Balaban J connectivity index is 1.68. The van der Waals surface area contributed by atoms with E-state index in [0.29, 0.717) is 0 Å². The summed E-state index contributed by atoms with van der Waals surface area (Å²) in [4.78, 5) is 14.5. The number of H-pyrrole nitrogens is 1. The number of fused-ring (bicyclic) bond motifs is 1. The topological polar surface area (TPSA) is 61.0 Å². The van der Waals surface area contributed by atoms with Crippen LogP contribution in [0.25, 0.3) is 0 Å². The number of carbonyl (C=O) groups is 1. The zero-order valence-electron chi connectivity index (χ0n) is 11.5. The summed E-state index contributed by atoms with van der Waals surface area (Å²) < 4.78 is 0. The van der Waals surface area contributed by atoms with E-state index >= 15 is 0 Å². The van der Waals surface area contributed by atoms with Crippen molar-refractivity contribution >= 4 is 11.7 Å². The van der Waals surface area contributed by atoms with Gasteiger partial charge >= 0.3 is 0 Å². The third-order valence-corrected chi connectivity index (χ3v) is 4.34. The molecule has 1 amide bonds. The first kappa shape index (κ1) is 12.7. The van der Waals surface area contributed by atoms with Gasteiger partial charge in [0.15, 0.2) is 5.82 Å². The van der Waals surface area contributed by atoms with Crippen molar-refractivity contribution in [3.63, 3.8) is 0 Å². The van der Waals surface area contributed by atoms with Crippen molar-refractivity contribution in [2.24, 2.45) is 5.92 Å². The van der Waals surface area contributed by atoms with Gasteiger partial charge in [-0.3, -0.25) is 9.89 Å². The fraction of sp³-hybridized carbons (Fsp3) is 0.714. The molecule has 0 radical (unpaired) electrons. The molecule has 104 valence electrons. The highest BCUT2D eigenvalue weighted by molar-refractivity contribution is 5.92. The number of amides is 1. The van der Waals surface area contributed by atoms with E-state index in [0.717, 1.165) is 43.9 Å². The Kier molecular flexibility index (Phi) is 3.55. The summed E-state index contributed by atoms with van der Waals surface area (Å²) in [5.74, 6) is 1.11. The number of aromatic amines is 1. The molecule has 0 saturated heterocycles. The van der Waals surface area contributed by atoms with E-state index in [1.165, 1.54) is 24.8 Å². The van der Waals surface area contributed by atoms with Crippen LogP contribution in [0.5, 0.6) is 0 Å². The minimum atomic E-state index is 0.160. The average Bonchev–Trinajstić information content (AvgIpc) is 2.82. The third kappa shape index (κ3) is 2.66. The Morgan fingerprint density at radius 2 is 2.16 bits per heavy atom. The molecule has 1 aromatic rings. The van der Waals surface area contributed by atoms with Gasteiger partial charge in [-0.25, -0.2) is 0 Å². The molecular formula is C14H22N4O. The highest BCUT2D eigenvalue weighted by Gasteiger charge is 2.25. The van der Waals surface area contributed by atoms with Crippen LogP contribution in [0.2, 0.25) is 0 Å². The minimum absolute atomic E-state index is 0.160. The van der Waals surface area contributed by atoms with Crippen LogP contribution in [0.1, 0.15) is 43.4 Å². The number of likely N-dealkylation sites (N-methyl/N-ethyl adjacent to an activating group) is 1. The van der Waals surface area contributed by atoms with Crippen LogP contribution < -0.4 is 5.32 Å². The summed E-state index contributed by atoms with van der Waals surface area (Å²) in [5, 5.41) is 10.4. The number of anilines is 1. The highest BCUT2D eigenvalue weighted by atomic mass is 16.2. The zero-order valence-corrected chi connectivity index (χ0v) is 11.5. The van der Waals surface area contributed by atoms with Crippen molar-refractivity contribution in [3.05, 3.63) is 11.3 Å². The Morgan fingerprint density at radius 3 is 2.95 bits per heavy atom. The lowest BCUT2D eigenvalue weighted by atomic mass is 9.88. The van der Waals surface area contributed by atoms with Crippen LogP contribution >= 0.6 is 0 Å². The van der Waals surface area contributed by atoms with Gasteiger partial charge in [-0.2, -0.15) is 5.10 Å². The first-order valence-corrected chi connectivity index (χ1v) is 7.29. The van der Waals surface area contributed by atoms with E-state index in [1.807, 2.05) is 0 Å². The number of nitrogens with one attached hydrogen (secondary N) is 2.